The molecule has 1 atom stereocenters. The maximum atomic E-state index is 14.2. The van der Waals surface area contributed by atoms with Crippen LogP contribution in [0.2, 0.25) is 5.02 Å². The number of rotatable bonds is 11. The van der Waals surface area contributed by atoms with Gasteiger partial charge in [-0.25, -0.2) is 8.42 Å². The molecule has 8 nitrogen and oxygen atoms in total. The van der Waals surface area contributed by atoms with Crippen LogP contribution in [0.5, 0.6) is 5.75 Å². The summed E-state index contributed by atoms with van der Waals surface area (Å²) in [4.78, 5) is 29.1. The second-order valence-corrected chi connectivity index (χ2v) is 13.0. The molecular formula is C32H38ClN3O5S. The molecule has 4 rings (SSSR count). The van der Waals surface area contributed by atoms with Gasteiger partial charge in [-0.1, -0.05) is 67.3 Å². The van der Waals surface area contributed by atoms with Crippen LogP contribution in [0.4, 0.5) is 5.69 Å². The Labute approximate surface area is 253 Å². The summed E-state index contributed by atoms with van der Waals surface area (Å²) in [7, 11) is -2.75. The van der Waals surface area contributed by atoms with Crippen LogP contribution in [0.15, 0.2) is 77.7 Å². The van der Waals surface area contributed by atoms with Gasteiger partial charge < -0.3 is 15.0 Å². The number of anilines is 1. The molecule has 0 spiro atoms. The van der Waals surface area contributed by atoms with Gasteiger partial charge in [0.2, 0.25) is 11.8 Å². The monoisotopic (exact) mass is 611 g/mol. The van der Waals surface area contributed by atoms with Gasteiger partial charge in [0.1, 0.15) is 18.3 Å². The third kappa shape index (κ3) is 7.63. The first-order valence-electron chi connectivity index (χ1n) is 14.2. The molecule has 0 saturated heterocycles. The second kappa shape index (κ2) is 14.1. The SMILES string of the molecule is COc1ccc(C)cc1N(CC(=O)N(Cc1cccc(Cl)c1)[C@H](C)C(=O)NC1CCCCC1)S(=O)(=O)c1ccccc1. The molecule has 0 bridgehead atoms. The van der Waals surface area contributed by atoms with Crippen LogP contribution in [-0.4, -0.2) is 50.9 Å². The molecule has 1 saturated carbocycles. The molecule has 224 valence electrons. The van der Waals surface area contributed by atoms with E-state index in [0.717, 1.165) is 47.5 Å². The van der Waals surface area contributed by atoms with Gasteiger partial charge in [0, 0.05) is 17.6 Å². The summed E-state index contributed by atoms with van der Waals surface area (Å²) in [6.45, 7) is 3.03. The van der Waals surface area contributed by atoms with Gasteiger partial charge in [0.25, 0.3) is 10.0 Å². The smallest absolute Gasteiger partial charge is 0.264 e. The zero-order chi connectivity index (χ0) is 30.3. The number of benzene rings is 3. The Morgan fingerprint density at radius 2 is 1.71 bits per heavy atom. The maximum Gasteiger partial charge on any atom is 0.264 e. The fourth-order valence-corrected chi connectivity index (χ4v) is 6.86. The lowest BCUT2D eigenvalue weighted by Crippen LogP contribution is -2.53. The molecule has 0 radical (unpaired) electrons. The van der Waals surface area contributed by atoms with E-state index >= 15 is 0 Å². The molecule has 0 aliphatic heterocycles. The minimum absolute atomic E-state index is 0.0332. The van der Waals surface area contributed by atoms with Gasteiger partial charge in [-0.15, -0.1) is 0 Å². The van der Waals surface area contributed by atoms with Crippen molar-refractivity contribution in [1.29, 1.82) is 0 Å². The number of ether oxygens (including phenoxy) is 1. The minimum Gasteiger partial charge on any atom is -0.495 e. The van der Waals surface area contributed by atoms with Crippen molar-refractivity contribution in [3.05, 3.63) is 88.9 Å². The van der Waals surface area contributed by atoms with E-state index in [1.807, 2.05) is 13.0 Å². The lowest BCUT2D eigenvalue weighted by molar-refractivity contribution is -0.139. The van der Waals surface area contributed by atoms with E-state index in [9.17, 15) is 18.0 Å². The summed E-state index contributed by atoms with van der Waals surface area (Å²) in [5.41, 5.74) is 1.75. The summed E-state index contributed by atoms with van der Waals surface area (Å²) < 4.78 is 34.7. The van der Waals surface area contributed by atoms with Crippen LogP contribution in [0, 0.1) is 6.92 Å². The van der Waals surface area contributed by atoms with Gasteiger partial charge in [0.05, 0.1) is 17.7 Å². The van der Waals surface area contributed by atoms with E-state index in [-0.39, 0.29) is 29.1 Å². The average molecular weight is 612 g/mol. The van der Waals surface area contributed by atoms with E-state index < -0.39 is 28.5 Å². The van der Waals surface area contributed by atoms with Crippen LogP contribution in [-0.2, 0) is 26.2 Å². The Morgan fingerprint density at radius 3 is 2.38 bits per heavy atom. The number of sulfonamides is 1. The molecule has 1 aliphatic rings. The summed E-state index contributed by atoms with van der Waals surface area (Å²) in [5, 5.41) is 3.60. The number of nitrogens with zero attached hydrogens (tertiary/aromatic N) is 2. The Bertz CT molecular complexity index is 1490. The standard InChI is InChI=1S/C32H38ClN3O5S/c1-23-17-18-30(41-3)29(19-23)36(42(39,40)28-15-8-5-9-16-28)22-31(37)35(21-25-11-10-12-26(33)20-25)24(2)32(38)34-27-13-6-4-7-14-27/h5,8-12,15-20,24,27H,4,6-7,13-14,21-22H2,1-3H3,(H,34,38)/t24-/m1/s1. The third-order valence-electron chi connectivity index (χ3n) is 7.57. The molecule has 0 heterocycles. The Hall–Kier alpha value is -3.56. The Kier molecular flexibility index (Phi) is 10.5. The first kappa shape index (κ1) is 31.4. The number of methoxy groups -OCH3 is 1. The Balaban J connectivity index is 1.72. The quantitative estimate of drug-likeness (QED) is 0.299. The molecule has 42 heavy (non-hydrogen) atoms. The fourth-order valence-electron chi connectivity index (χ4n) is 5.21. The number of halogens is 1. The zero-order valence-electron chi connectivity index (χ0n) is 24.3. The molecular weight excluding hydrogens is 574 g/mol. The van der Waals surface area contributed by atoms with Crippen LogP contribution in [0.1, 0.15) is 50.2 Å². The van der Waals surface area contributed by atoms with Crippen molar-refractivity contribution in [1.82, 2.24) is 10.2 Å². The number of hydrogen-bond donors (Lipinski definition) is 1. The average Bonchev–Trinajstić information content (AvgIpc) is 2.99. The number of hydrogen-bond acceptors (Lipinski definition) is 5. The molecule has 3 aromatic rings. The van der Waals surface area contributed by atoms with Crippen molar-refractivity contribution in [3.63, 3.8) is 0 Å². The third-order valence-corrected chi connectivity index (χ3v) is 9.58. The predicted octanol–water partition coefficient (Wildman–Crippen LogP) is 5.72. The highest BCUT2D eigenvalue weighted by Gasteiger charge is 2.34. The number of aryl methyl sites for hydroxylation is 1. The van der Waals surface area contributed by atoms with Crippen molar-refractivity contribution >= 4 is 39.1 Å². The van der Waals surface area contributed by atoms with Gasteiger partial charge in [0.15, 0.2) is 0 Å². The van der Waals surface area contributed by atoms with Gasteiger partial charge in [-0.05, 0) is 74.2 Å². The molecule has 1 N–H and O–H groups in total. The van der Waals surface area contributed by atoms with Crippen molar-refractivity contribution in [2.24, 2.45) is 0 Å². The number of nitrogens with one attached hydrogen (secondary N) is 1. The van der Waals surface area contributed by atoms with Crippen LogP contribution < -0.4 is 14.4 Å². The van der Waals surface area contributed by atoms with E-state index in [4.69, 9.17) is 16.3 Å². The second-order valence-electron chi connectivity index (χ2n) is 10.7. The van der Waals surface area contributed by atoms with E-state index in [2.05, 4.69) is 5.32 Å². The van der Waals surface area contributed by atoms with Gasteiger partial charge >= 0.3 is 0 Å². The van der Waals surface area contributed by atoms with Crippen LogP contribution in [0.3, 0.4) is 0 Å². The van der Waals surface area contributed by atoms with Gasteiger partial charge in [-0.3, -0.25) is 13.9 Å². The largest absolute Gasteiger partial charge is 0.495 e. The highest BCUT2D eigenvalue weighted by atomic mass is 35.5. The minimum atomic E-state index is -4.20. The molecule has 2 amide bonds. The molecule has 1 aliphatic carbocycles. The summed E-state index contributed by atoms with van der Waals surface area (Å²) in [6, 6.07) is 19.4. The fraction of sp³-hybridized carbons (Fsp3) is 0.375. The lowest BCUT2D eigenvalue weighted by Gasteiger charge is -2.33. The predicted molar refractivity (Wildman–Crippen MR) is 165 cm³/mol. The summed E-state index contributed by atoms with van der Waals surface area (Å²) >= 11 is 6.23. The highest BCUT2D eigenvalue weighted by Crippen LogP contribution is 2.34. The van der Waals surface area contributed by atoms with Crippen molar-refractivity contribution < 1.29 is 22.7 Å². The topological polar surface area (TPSA) is 96.0 Å². The van der Waals surface area contributed by atoms with Crippen molar-refractivity contribution in [3.8, 4) is 5.75 Å². The molecule has 0 aromatic heterocycles. The van der Waals surface area contributed by atoms with E-state index in [1.54, 1.807) is 61.5 Å². The van der Waals surface area contributed by atoms with E-state index in [0.29, 0.717) is 10.8 Å². The van der Waals surface area contributed by atoms with E-state index in [1.165, 1.54) is 24.1 Å². The number of carbonyl (C=O) groups is 2. The molecule has 3 aromatic carbocycles. The number of amides is 2. The summed E-state index contributed by atoms with van der Waals surface area (Å²) in [5.74, 6) is -0.510. The normalized spacial score (nSPS) is 14.6. The first-order valence-corrected chi connectivity index (χ1v) is 16.0. The van der Waals surface area contributed by atoms with Crippen LogP contribution in [0.25, 0.3) is 0 Å². The molecule has 10 heteroatoms. The maximum absolute atomic E-state index is 14.2. The van der Waals surface area contributed by atoms with Crippen molar-refractivity contribution in [2.75, 3.05) is 18.0 Å². The first-order chi connectivity index (χ1) is 20.1. The molecule has 0 unspecified atom stereocenters. The van der Waals surface area contributed by atoms with Crippen LogP contribution >= 0.6 is 11.6 Å². The highest BCUT2D eigenvalue weighted by molar-refractivity contribution is 7.92. The Morgan fingerprint density at radius 1 is 1.00 bits per heavy atom. The lowest BCUT2D eigenvalue weighted by atomic mass is 9.95. The molecule has 1 fully saturated rings. The zero-order valence-corrected chi connectivity index (χ0v) is 25.8. The summed E-state index contributed by atoms with van der Waals surface area (Å²) in [6.07, 6.45) is 5.05. The number of carbonyl (C=O) groups excluding carboxylic acids is 2. The van der Waals surface area contributed by atoms with Gasteiger partial charge in [-0.2, -0.15) is 0 Å². The van der Waals surface area contributed by atoms with Crippen molar-refractivity contribution in [2.45, 2.75) is 69.5 Å².